The maximum absolute atomic E-state index is 6.23. The van der Waals surface area contributed by atoms with Gasteiger partial charge in [0.1, 0.15) is 6.04 Å². The number of hydrogen-bond acceptors (Lipinski definition) is 5. The van der Waals surface area contributed by atoms with Crippen molar-refractivity contribution in [3.8, 4) is 0 Å². The Morgan fingerprint density at radius 3 is 2.68 bits per heavy atom. The highest BCUT2D eigenvalue weighted by molar-refractivity contribution is 9.10. The van der Waals surface area contributed by atoms with Crippen LogP contribution >= 0.6 is 15.9 Å². The Bertz CT molecular complexity index is 540. The summed E-state index contributed by atoms with van der Waals surface area (Å²) in [5.74, 6) is 0.575. The Kier molecular flexibility index (Phi) is 4.62. The van der Waals surface area contributed by atoms with Crippen molar-refractivity contribution in [2.24, 2.45) is 5.73 Å². The average molecular weight is 326 g/mol. The Labute approximate surface area is 120 Å². The van der Waals surface area contributed by atoms with Crippen LogP contribution in [0.1, 0.15) is 23.1 Å². The summed E-state index contributed by atoms with van der Waals surface area (Å²) in [4.78, 5) is 8.53. The number of rotatable bonds is 5. The predicted octanol–water partition coefficient (Wildman–Crippen LogP) is 1.44. The van der Waals surface area contributed by atoms with Crippen LogP contribution in [0.3, 0.4) is 0 Å². The largest absolute Gasteiger partial charge is 0.383 e. The van der Waals surface area contributed by atoms with E-state index < -0.39 is 6.04 Å². The van der Waals surface area contributed by atoms with Crippen LogP contribution in [-0.4, -0.2) is 33.5 Å². The number of hydrogen-bond donors (Lipinski definition) is 1. The molecule has 0 radical (unpaired) electrons. The van der Waals surface area contributed by atoms with Gasteiger partial charge < -0.3 is 10.5 Å². The van der Waals surface area contributed by atoms with Crippen molar-refractivity contribution in [3.05, 3.63) is 40.1 Å². The first-order valence-electron chi connectivity index (χ1n) is 5.87. The normalized spacial score (nSPS) is 12.6. The van der Waals surface area contributed by atoms with Crippen LogP contribution in [0.2, 0.25) is 0 Å². The lowest BCUT2D eigenvalue weighted by Gasteiger charge is -2.14. The van der Waals surface area contributed by atoms with E-state index in [-0.39, 0.29) is 0 Å². The Balaban J connectivity index is 2.29. The maximum Gasteiger partial charge on any atom is 0.151 e. The van der Waals surface area contributed by atoms with E-state index in [9.17, 15) is 0 Å². The molecule has 19 heavy (non-hydrogen) atoms. The number of ether oxygens (including phenoxy) is 1. The molecule has 0 saturated carbocycles. The molecule has 6 nitrogen and oxygen atoms in total. The van der Waals surface area contributed by atoms with E-state index in [1.807, 2.05) is 11.6 Å². The van der Waals surface area contributed by atoms with E-state index in [1.54, 1.807) is 25.7 Å². The fraction of sp³-hybridized carbons (Fsp3) is 0.417. The van der Waals surface area contributed by atoms with Gasteiger partial charge in [0.15, 0.2) is 5.82 Å². The fourth-order valence-corrected chi connectivity index (χ4v) is 2.27. The average Bonchev–Trinajstić information content (AvgIpc) is 2.77. The van der Waals surface area contributed by atoms with Crippen LogP contribution in [0.25, 0.3) is 0 Å². The van der Waals surface area contributed by atoms with Gasteiger partial charge in [-0.25, -0.2) is 9.97 Å². The van der Waals surface area contributed by atoms with Crippen LogP contribution in [-0.2, 0) is 11.3 Å². The van der Waals surface area contributed by atoms with E-state index in [1.165, 1.54) is 0 Å². The lowest BCUT2D eigenvalue weighted by Crippen LogP contribution is -2.21. The lowest BCUT2D eigenvalue weighted by atomic mass is 10.2. The van der Waals surface area contributed by atoms with E-state index >= 15 is 0 Å². The van der Waals surface area contributed by atoms with Gasteiger partial charge in [-0.1, -0.05) is 0 Å². The lowest BCUT2D eigenvalue weighted by molar-refractivity contribution is 0.182. The van der Waals surface area contributed by atoms with E-state index in [4.69, 9.17) is 10.5 Å². The third-order valence-electron chi connectivity index (χ3n) is 2.71. The second-order valence-corrected chi connectivity index (χ2v) is 5.04. The monoisotopic (exact) mass is 325 g/mol. The molecule has 0 saturated heterocycles. The number of methoxy groups -OCH3 is 1. The molecule has 7 heteroatoms. The van der Waals surface area contributed by atoms with Crippen LogP contribution in [0.5, 0.6) is 0 Å². The summed E-state index contributed by atoms with van der Waals surface area (Å²) in [5.41, 5.74) is 8.08. The summed E-state index contributed by atoms with van der Waals surface area (Å²) in [5, 5.41) is 4.27. The molecule has 0 amide bonds. The molecule has 0 spiro atoms. The number of halogens is 1. The van der Waals surface area contributed by atoms with Gasteiger partial charge in [-0.2, -0.15) is 5.10 Å². The fourth-order valence-electron chi connectivity index (χ4n) is 1.72. The number of nitrogens with zero attached hydrogens (tertiary/aromatic N) is 4. The molecule has 2 heterocycles. The first kappa shape index (κ1) is 14.1. The summed E-state index contributed by atoms with van der Waals surface area (Å²) >= 11 is 3.46. The van der Waals surface area contributed by atoms with Crippen molar-refractivity contribution in [3.63, 3.8) is 0 Å². The standard InChI is InChI=1S/C12H16BrN5O/c1-8-5-15-12(16-6-8)10(14)11-9(13)7-17-18(11)3-4-19-2/h5-7,10H,3-4,14H2,1-2H3. The molecular weight excluding hydrogens is 310 g/mol. The van der Waals surface area contributed by atoms with Crippen molar-refractivity contribution in [2.75, 3.05) is 13.7 Å². The van der Waals surface area contributed by atoms with Crippen LogP contribution < -0.4 is 5.73 Å². The van der Waals surface area contributed by atoms with Crippen molar-refractivity contribution in [2.45, 2.75) is 19.5 Å². The van der Waals surface area contributed by atoms with Gasteiger partial charge in [0.25, 0.3) is 0 Å². The molecule has 0 bridgehead atoms. The molecular formula is C12H16BrN5O. The van der Waals surface area contributed by atoms with Gasteiger partial charge in [0.05, 0.1) is 29.5 Å². The van der Waals surface area contributed by atoms with E-state index in [0.29, 0.717) is 19.0 Å². The minimum absolute atomic E-state index is 0.422. The third-order valence-corrected chi connectivity index (χ3v) is 3.33. The molecule has 2 N–H and O–H groups in total. The maximum atomic E-state index is 6.23. The van der Waals surface area contributed by atoms with Crippen molar-refractivity contribution < 1.29 is 4.74 Å². The molecule has 0 aliphatic carbocycles. The van der Waals surface area contributed by atoms with Gasteiger partial charge >= 0.3 is 0 Å². The SMILES string of the molecule is COCCn1ncc(Br)c1C(N)c1ncc(C)cn1. The molecule has 1 atom stereocenters. The molecule has 2 aromatic heterocycles. The summed E-state index contributed by atoms with van der Waals surface area (Å²) in [6, 6.07) is -0.422. The minimum atomic E-state index is -0.422. The number of aryl methyl sites for hydroxylation is 1. The van der Waals surface area contributed by atoms with E-state index in [2.05, 4.69) is 31.0 Å². The topological polar surface area (TPSA) is 78.9 Å². The number of aromatic nitrogens is 4. The first-order chi connectivity index (χ1) is 9.13. The Hall–Kier alpha value is -1.31. The van der Waals surface area contributed by atoms with Gasteiger partial charge in [-0.3, -0.25) is 4.68 Å². The molecule has 0 fully saturated rings. The summed E-state index contributed by atoms with van der Waals surface area (Å²) < 4.78 is 7.72. The zero-order chi connectivity index (χ0) is 13.8. The first-order valence-corrected chi connectivity index (χ1v) is 6.67. The zero-order valence-electron chi connectivity index (χ0n) is 10.9. The molecule has 1 unspecified atom stereocenters. The Morgan fingerprint density at radius 2 is 2.05 bits per heavy atom. The summed E-state index contributed by atoms with van der Waals surface area (Å²) in [7, 11) is 1.65. The predicted molar refractivity (Wildman–Crippen MR) is 74.6 cm³/mol. The minimum Gasteiger partial charge on any atom is -0.383 e. The third kappa shape index (κ3) is 3.17. The molecule has 0 aromatic carbocycles. The second-order valence-electron chi connectivity index (χ2n) is 4.19. The second kappa shape index (κ2) is 6.23. The van der Waals surface area contributed by atoms with Gasteiger partial charge in [-0.05, 0) is 28.4 Å². The van der Waals surface area contributed by atoms with Crippen LogP contribution in [0.4, 0.5) is 0 Å². The molecule has 0 aliphatic rings. The molecule has 0 aliphatic heterocycles. The van der Waals surface area contributed by atoms with Crippen molar-refractivity contribution in [1.82, 2.24) is 19.7 Å². The highest BCUT2D eigenvalue weighted by Crippen LogP contribution is 2.24. The van der Waals surface area contributed by atoms with Crippen LogP contribution in [0, 0.1) is 6.92 Å². The zero-order valence-corrected chi connectivity index (χ0v) is 12.5. The van der Waals surface area contributed by atoms with Crippen molar-refractivity contribution >= 4 is 15.9 Å². The molecule has 2 aromatic rings. The van der Waals surface area contributed by atoms with E-state index in [0.717, 1.165) is 15.7 Å². The summed E-state index contributed by atoms with van der Waals surface area (Å²) in [6.07, 6.45) is 5.23. The van der Waals surface area contributed by atoms with Gasteiger partial charge in [0, 0.05) is 19.5 Å². The smallest absolute Gasteiger partial charge is 0.151 e. The number of nitrogens with two attached hydrogens (primary N) is 1. The Morgan fingerprint density at radius 1 is 1.37 bits per heavy atom. The van der Waals surface area contributed by atoms with Gasteiger partial charge in [0.2, 0.25) is 0 Å². The van der Waals surface area contributed by atoms with Gasteiger partial charge in [-0.15, -0.1) is 0 Å². The molecule has 102 valence electrons. The molecule has 2 rings (SSSR count). The quantitative estimate of drug-likeness (QED) is 0.899. The highest BCUT2D eigenvalue weighted by Gasteiger charge is 2.20. The highest BCUT2D eigenvalue weighted by atomic mass is 79.9. The van der Waals surface area contributed by atoms with Crippen LogP contribution in [0.15, 0.2) is 23.1 Å². The van der Waals surface area contributed by atoms with Crippen molar-refractivity contribution in [1.29, 1.82) is 0 Å². The summed E-state index contributed by atoms with van der Waals surface area (Å²) in [6.45, 7) is 3.15.